The molecule has 1 saturated carbocycles. The minimum Gasteiger partial charge on any atom is -0.504 e. The summed E-state index contributed by atoms with van der Waals surface area (Å²) in [6.45, 7) is 0. The zero-order valence-corrected chi connectivity index (χ0v) is 20.7. The van der Waals surface area contributed by atoms with Gasteiger partial charge < -0.3 is 29.5 Å². The molecule has 35 heavy (non-hydrogen) atoms. The fourth-order valence-electron chi connectivity index (χ4n) is 4.10. The van der Waals surface area contributed by atoms with Gasteiger partial charge in [0.25, 0.3) is 0 Å². The lowest BCUT2D eigenvalue weighted by Gasteiger charge is -2.17. The topological polar surface area (TPSA) is 118 Å². The van der Waals surface area contributed by atoms with E-state index >= 15 is 0 Å². The van der Waals surface area contributed by atoms with Gasteiger partial charge in [0.15, 0.2) is 23.0 Å². The number of nitrogens with zero attached hydrogens (tertiary/aromatic N) is 3. The molecule has 1 heterocycles. The summed E-state index contributed by atoms with van der Waals surface area (Å²) in [4.78, 5) is 5.69. The molecule has 186 valence electrons. The van der Waals surface area contributed by atoms with E-state index in [4.69, 9.17) is 19.2 Å². The van der Waals surface area contributed by atoms with Crippen LogP contribution in [0.5, 0.6) is 34.5 Å². The van der Waals surface area contributed by atoms with Crippen LogP contribution in [-0.4, -0.2) is 53.6 Å². The Morgan fingerprint density at radius 1 is 0.943 bits per heavy atom. The Hall–Kier alpha value is -3.66. The molecule has 1 aliphatic rings. The second kappa shape index (κ2) is 10.7. The zero-order chi connectivity index (χ0) is 24.9. The number of hydrogen-bond acceptors (Lipinski definition) is 9. The van der Waals surface area contributed by atoms with Crippen molar-refractivity contribution in [2.75, 3.05) is 21.3 Å². The first-order valence-corrected chi connectivity index (χ1v) is 12.2. The molecule has 0 saturated heterocycles. The lowest BCUT2D eigenvalue weighted by Crippen LogP contribution is -2.19. The Kier molecular flexibility index (Phi) is 7.50. The summed E-state index contributed by atoms with van der Waals surface area (Å²) in [7, 11) is 4.67. The van der Waals surface area contributed by atoms with Crippen molar-refractivity contribution in [1.29, 1.82) is 0 Å². The summed E-state index contributed by atoms with van der Waals surface area (Å²) >= 11 is 1.46. The molecule has 3 aromatic rings. The molecular weight excluding hydrogens is 470 g/mol. The Morgan fingerprint density at radius 2 is 1.63 bits per heavy atom. The molecule has 0 radical (unpaired) electrons. The third kappa shape index (κ3) is 5.07. The number of benzene rings is 2. The van der Waals surface area contributed by atoms with Crippen molar-refractivity contribution in [1.82, 2.24) is 4.68 Å². The largest absolute Gasteiger partial charge is 0.504 e. The van der Waals surface area contributed by atoms with Crippen LogP contribution in [0.15, 0.2) is 39.7 Å². The molecule has 0 bridgehead atoms. The summed E-state index contributed by atoms with van der Waals surface area (Å²) in [6.07, 6.45) is 7.03. The maximum atomic E-state index is 10.2. The van der Waals surface area contributed by atoms with Gasteiger partial charge >= 0.3 is 0 Å². The summed E-state index contributed by atoms with van der Waals surface area (Å²) in [5.41, 5.74) is 1.76. The van der Waals surface area contributed by atoms with Crippen LogP contribution < -0.4 is 19.0 Å². The van der Waals surface area contributed by atoms with E-state index in [1.165, 1.54) is 36.1 Å². The Balaban J connectivity index is 1.86. The highest BCUT2D eigenvalue weighted by Crippen LogP contribution is 2.41. The molecular formula is C25H29N3O6S. The van der Waals surface area contributed by atoms with Crippen LogP contribution in [0.25, 0.3) is 11.3 Å². The lowest BCUT2D eigenvalue weighted by atomic mass is 9.96. The molecule has 0 amide bonds. The van der Waals surface area contributed by atoms with Gasteiger partial charge in [-0.2, -0.15) is 5.10 Å². The van der Waals surface area contributed by atoms with Crippen LogP contribution in [0.3, 0.4) is 0 Å². The molecule has 2 aromatic carbocycles. The van der Waals surface area contributed by atoms with Gasteiger partial charge in [0, 0.05) is 16.5 Å². The highest BCUT2D eigenvalue weighted by molar-refractivity contribution is 7.07. The number of methoxy groups -OCH3 is 3. The third-order valence-corrected chi connectivity index (χ3v) is 6.82. The Bertz CT molecular complexity index is 1270. The van der Waals surface area contributed by atoms with Crippen LogP contribution in [-0.2, 0) is 0 Å². The SMILES string of the molecule is COc1cc(-c2csc(=NC3CCCCC3)n2N=Cc2ccc(O)c(O)c2O)cc(OC)c1OC. The van der Waals surface area contributed by atoms with Crippen molar-refractivity contribution in [2.24, 2.45) is 10.1 Å². The average Bonchev–Trinajstić information content (AvgIpc) is 3.28. The standard InChI is InChI=1S/C25H29N3O6S/c1-32-20-11-16(12-21(33-2)24(20)34-3)18-14-35-25(27-17-7-5-4-6-8-17)28(18)26-13-15-9-10-19(29)23(31)22(15)30/h9-14,17,29-31H,4-8H2,1-3H3. The van der Waals surface area contributed by atoms with Gasteiger partial charge in [-0.1, -0.05) is 19.3 Å². The molecule has 0 unspecified atom stereocenters. The maximum absolute atomic E-state index is 10.2. The fraction of sp³-hybridized carbons (Fsp3) is 0.360. The monoisotopic (exact) mass is 499 g/mol. The van der Waals surface area contributed by atoms with Crippen LogP contribution in [0, 0.1) is 0 Å². The van der Waals surface area contributed by atoms with E-state index in [0.717, 1.165) is 36.9 Å². The number of aromatic hydroxyl groups is 3. The number of aromatic nitrogens is 1. The maximum Gasteiger partial charge on any atom is 0.206 e. The van der Waals surface area contributed by atoms with Gasteiger partial charge in [0.2, 0.25) is 16.3 Å². The van der Waals surface area contributed by atoms with E-state index in [2.05, 4.69) is 5.10 Å². The van der Waals surface area contributed by atoms with E-state index in [1.807, 2.05) is 17.5 Å². The molecule has 4 rings (SSSR count). The molecule has 0 aliphatic heterocycles. The first-order valence-electron chi connectivity index (χ1n) is 11.3. The van der Waals surface area contributed by atoms with E-state index in [9.17, 15) is 15.3 Å². The van der Waals surface area contributed by atoms with Crippen LogP contribution in [0.4, 0.5) is 0 Å². The van der Waals surface area contributed by atoms with Crippen LogP contribution in [0.1, 0.15) is 37.7 Å². The van der Waals surface area contributed by atoms with Gasteiger partial charge in [-0.3, -0.25) is 4.99 Å². The molecule has 10 heteroatoms. The van der Waals surface area contributed by atoms with Crippen molar-refractivity contribution in [2.45, 2.75) is 38.1 Å². The minimum absolute atomic E-state index is 0.225. The van der Waals surface area contributed by atoms with Crippen LogP contribution in [0.2, 0.25) is 0 Å². The molecule has 9 nitrogen and oxygen atoms in total. The summed E-state index contributed by atoms with van der Waals surface area (Å²) in [6, 6.07) is 6.66. The van der Waals surface area contributed by atoms with Crippen molar-refractivity contribution >= 4 is 17.6 Å². The number of phenolic OH excluding ortho intramolecular Hbond substituents is 3. The van der Waals surface area contributed by atoms with Crippen molar-refractivity contribution in [3.63, 3.8) is 0 Å². The third-order valence-electron chi connectivity index (χ3n) is 5.99. The molecule has 0 atom stereocenters. The van der Waals surface area contributed by atoms with E-state index in [1.54, 1.807) is 26.0 Å². The zero-order valence-electron chi connectivity index (χ0n) is 19.9. The molecule has 1 aliphatic carbocycles. The highest BCUT2D eigenvalue weighted by Gasteiger charge is 2.18. The number of ether oxygens (including phenoxy) is 3. The number of phenols is 3. The first kappa shape index (κ1) is 24.5. The average molecular weight is 500 g/mol. The van der Waals surface area contributed by atoms with Gasteiger partial charge in [-0.25, -0.2) is 4.68 Å². The predicted molar refractivity (Wildman–Crippen MR) is 134 cm³/mol. The summed E-state index contributed by atoms with van der Waals surface area (Å²) in [5, 5.41) is 36.3. The quantitative estimate of drug-likeness (QED) is 0.326. The second-order valence-corrected chi connectivity index (χ2v) is 9.00. The Morgan fingerprint density at radius 3 is 2.26 bits per heavy atom. The smallest absolute Gasteiger partial charge is 0.206 e. The van der Waals surface area contributed by atoms with Gasteiger partial charge in [0.05, 0.1) is 39.3 Å². The van der Waals surface area contributed by atoms with Crippen molar-refractivity contribution in [3.8, 4) is 45.8 Å². The lowest BCUT2D eigenvalue weighted by molar-refractivity contribution is 0.324. The molecule has 3 N–H and O–H groups in total. The molecule has 1 fully saturated rings. The Labute approximate surface area is 207 Å². The number of rotatable bonds is 7. The summed E-state index contributed by atoms with van der Waals surface area (Å²) in [5.74, 6) is 0.0476. The van der Waals surface area contributed by atoms with E-state index < -0.39 is 17.2 Å². The second-order valence-electron chi connectivity index (χ2n) is 8.17. The molecule has 0 spiro atoms. The minimum atomic E-state index is -0.596. The molecule has 1 aromatic heterocycles. The van der Waals surface area contributed by atoms with Gasteiger partial charge in [-0.05, 0) is 37.1 Å². The summed E-state index contributed by atoms with van der Waals surface area (Å²) < 4.78 is 18.2. The fourth-order valence-corrected chi connectivity index (χ4v) is 5.01. The van der Waals surface area contributed by atoms with Crippen molar-refractivity contribution < 1.29 is 29.5 Å². The van der Waals surface area contributed by atoms with Gasteiger partial charge in [0.1, 0.15) is 0 Å². The van der Waals surface area contributed by atoms with Crippen molar-refractivity contribution in [3.05, 3.63) is 40.0 Å². The normalized spacial score (nSPS) is 15.0. The van der Waals surface area contributed by atoms with E-state index in [-0.39, 0.29) is 11.6 Å². The van der Waals surface area contributed by atoms with Gasteiger partial charge in [-0.15, -0.1) is 11.3 Å². The first-order chi connectivity index (χ1) is 17.0. The predicted octanol–water partition coefficient (Wildman–Crippen LogP) is 4.47. The number of thiazole rings is 1. The van der Waals surface area contributed by atoms with E-state index in [0.29, 0.717) is 22.0 Å². The van der Waals surface area contributed by atoms with Crippen LogP contribution >= 0.6 is 11.3 Å². The number of hydrogen-bond donors (Lipinski definition) is 3. The highest BCUT2D eigenvalue weighted by atomic mass is 32.1.